The van der Waals surface area contributed by atoms with Crippen LogP contribution in [0.3, 0.4) is 0 Å². The molecular formula is C21H35NO5Si. The number of hydrogen-bond donors (Lipinski definition) is 2. The van der Waals surface area contributed by atoms with E-state index in [1.54, 1.807) is 31.2 Å². The van der Waals surface area contributed by atoms with Gasteiger partial charge >= 0.3 is 6.09 Å². The number of nitrogens with one attached hydrogen (secondary N) is 1. The van der Waals surface area contributed by atoms with Crippen LogP contribution < -0.4 is 9.74 Å². The van der Waals surface area contributed by atoms with Gasteiger partial charge in [0, 0.05) is 5.56 Å². The molecular weight excluding hydrogens is 374 g/mol. The number of amides is 1. The second kappa shape index (κ2) is 8.65. The van der Waals surface area contributed by atoms with Crippen molar-refractivity contribution < 1.29 is 23.9 Å². The summed E-state index contributed by atoms with van der Waals surface area (Å²) in [5.74, 6) is 0.378. The molecule has 7 heteroatoms. The first kappa shape index (κ1) is 24.2. The van der Waals surface area contributed by atoms with Crippen molar-refractivity contribution in [3.63, 3.8) is 0 Å². The maximum absolute atomic E-state index is 12.9. The van der Waals surface area contributed by atoms with Gasteiger partial charge in [-0.15, -0.1) is 0 Å². The van der Waals surface area contributed by atoms with Gasteiger partial charge in [0.1, 0.15) is 11.8 Å². The number of Topliss-reactive ketones (excluding diaryl/α,β-unsaturated/α-hetero) is 1. The first-order chi connectivity index (χ1) is 12.5. The molecule has 0 aromatic heterocycles. The van der Waals surface area contributed by atoms with E-state index in [0.29, 0.717) is 11.3 Å². The van der Waals surface area contributed by atoms with E-state index in [2.05, 4.69) is 39.2 Å². The van der Waals surface area contributed by atoms with Crippen molar-refractivity contribution in [1.82, 2.24) is 5.32 Å². The van der Waals surface area contributed by atoms with Crippen LogP contribution in [0, 0.1) is 0 Å². The fourth-order valence-corrected chi connectivity index (χ4v) is 3.50. The number of carboxylic acid groups (broad SMARTS) is 1. The normalized spacial score (nSPS) is 14.9. The predicted octanol–water partition coefficient (Wildman–Crippen LogP) is 5.09. The van der Waals surface area contributed by atoms with E-state index >= 15 is 0 Å². The lowest BCUT2D eigenvalue weighted by atomic mass is 9.99. The largest absolute Gasteiger partial charge is 0.544 e. The maximum Gasteiger partial charge on any atom is 0.405 e. The summed E-state index contributed by atoms with van der Waals surface area (Å²) >= 11 is 0. The van der Waals surface area contributed by atoms with Gasteiger partial charge in [0.2, 0.25) is 8.32 Å². The third kappa shape index (κ3) is 6.94. The lowest BCUT2D eigenvalue weighted by Crippen LogP contribution is -2.50. The Kier molecular flexibility index (Phi) is 7.47. The second-order valence-electron chi connectivity index (χ2n) is 9.61. The molecule has 0 radical (unpaired) electrons. The monoisotopic (exact) mass is 409 g/mol. The number of ketones is 1. The third-order valence-corrected chi connectivity index (χ3v) is 9.25. The molecule has 0 aliphatic heterocycles. The SMILES string of the molecule is C[C@@H](OC(C)(C)C)[C@H](NC(=O)O)C(=O)c1ccc(O[Si](C)(C)C(C)(C)C)cc1. The van der Waals surface area contributed by atoms with Gasteiger partial charge in [-0.2, -0.15) is 0 Å². The topological polar surface area (TPSA) is 84.9 Å². The fourth-order valence-electron chi connectivity index (χ4n) is 2.47. The number of carbonyl (C=O) groups excluding carboxylic acids is 1. The highest BCUT2D eigenvalue weighted by molar-refractivity contribution is 6.74. The Morgan fingerprint density at radius 1 is 1.04 bits per heavy atom. The molecule has 0 bridgehead atoms. The summed E-state index contributed by atoms with van der Waals surface area (Å²) in [5.41, 5.74) is -0.0930. The Morgan fingerprint density at radius 2 is 1.54 bits per heavy atom. The zero-order valence-corrected chi connectivity index (χ0v) is 19.5. The van der Waals surface area contributed by atoms with Gasteiger partial charge < -0.3 is 19.6 Å². The molecule has 0 heterocycles. The third-order valence-electron chi connectivity index (χ3n) is 4.89. The molecule has 28 heavy (non-hydrogen) atoms. The van der Waals surface area contributed by atoms with Crippen molar-refractivity contribution in [2.75, 3.05) is 0 Å². The van der Waals surface area contributed by atoms with Crippen LogP contribution in [0.4, 0.5) is 4.79 Å². The zero-order chi connectivity index (χ0) is 21.9. The van der Waals surface area contributed by atoms with Crippen LogP contribution >= 0.6 is 0 Å². The molecule has 0 unspecified atom stereocenters. The van der Waals surface area contributed by atoms with Crippen molar-refractivity contribution in [3.8, 4) is 5.75 Å². The Balaban J connectivity index is 3.03. The fraction of sp³-hybridized carbons (Fsp3) is 0.619. The average molecular weight is 410 g/mol. The smallest absolute Gasteiger partial charge is 0.405 e. The summed E-state index contributed by atoms with van der Waals surface area (Å²) in [4.78, 5) is 24.1. The van der Waals surface area contributed by atoms with Crippen molar-refractivity contribution in [2.24, 2.45) is 0 Å². The second-order valence-corrected chi connectivity index (χ2v) is 14.3. The van der Waals surface area contributed by atoms with Gasteiger partial charge in [0.15, 0.2) is 5.78 Å². The van der Waals surface area contributed by atoms with E-state index in [4.69, 9.17) is 14.3 Å². The number of ether oxygens (including phenoxy) is 1. The van der Waals surface area contributed by atoms with E-state index in [9.17, 15) is 9.59 Å². The molecule has 0 saturated carbocycles. The van der Waals surface area contributed by atoms with E-state index in [1.165, 1.54) is 0 Å². The van der Waals surface area contributed by atoms with Gasteiger partial charge in [-0.05, 0) is 70.1 Å². The van der Waals surface area contributed by atoms with Gasteiger partial charge in [0.05, 0.1) is 11.7 Å². The molecule has 0 aliphatic carbocycles. The summed E-state index contributed by atoms with van der Waals surface area (Å²) < 4.78 is 12.0. The lowest BCUT2D eigenvalue weighted by molar-refractivity contribution is -0.0605. The average Bonchev–Trinajstić information content (AvgIpc) is 2.49. The van der Waals surface area contributed by atoms with Crippen molar-refractivity contribution in [3.05, 3.63) is 29.8 Å². The number of carbonyl (C=O) groups is 2. The molecule has 0 fully saturated rings. The highest BCUT2D eigenvalue weighted by Gasteiger charge is 2.39. The molecule has 2 N–H and O–H groups in total. The van der Waals surface area contributed by atoms with E-state index < -0.39 is 32.2 Å². The molecule has 1 aromatic carbocycles. The molecule has 6 nitrogen and oxygen atoms in total. The standard InChI is InChI=1S/C21H35NO5Si/c1-14(26-20(2,3)4)17(22-19(24)25)18(23)15-10-12-16(13-11-15)27-28(8,9)21(5,6)7/h10-14,17,22H,1-9H3,(H,24,25)/t14-,17+/m1/s1. The van der Waals surface area contributed by atoms with Crippen molar-refractivity contribution in [1.29, 1.82) is 0 Å². The molecule has 1 amide bonds. The highest BCUT2D eigenvalue weighted by atomic mass is 28.4. The molecule has 0 aliphatic rings. The van der Waals surface area contributed by atoms with Crippen LogP contribution in [0.1, 0.15) is 58.8 Å². The summed E-state index contributed by atoms with van der Waals surface area (Å²) in [6.07, 6.45) is -1.88. The Bertz CT molecular complexity index is 686. The minimum atomic E-state index is -1.97. The minimum Gasteiger partial charge on any atom is -0.544 e. The van der Waals surface area contributed by atoms with Gasteiger partial charge in [-0.1, -0.05) is 20.8 Å². The van der Waals surface area contributed by atoms with Gasteiger partial charge in [-0.3, -0.25) is 4.79 Å². The predicted molar refractivity (Wildman–Crippen MR) is 114 cm³/mol. The van der Waals surface area contributed by atoms with Crippen LogP contribution in [0.2, 0.25) is 18.1 Å². The quantitative estimate of drug-likeness (QED) is 0.484. The Hall–Kier alpha value is -1.86. The number of rotatable bonds is 7. The zero-order valence-electron chi connectivity index (χ0n) is 18.5. The van der Waals surface area contributed by atoms with Crippen molar-refractivity contribution in [2.45, 2.75) is 84.3 Å². The summed E-state index contributed by atoms with van der Waals surface area (Å²) in [6, 6.07) is 5.88. The molecule has 2 atom stereocenters. The molecule has 158 valence electrons. The van der Waals surface area contributed by atoms with Gasteiger partial charge in [0.25, 0.3) is 0 Å². The summed E-state index contributed by atoms with van der Waals surface area (Å²) in [5, 5.41) is 11.5. The molecule has 1 aromatic rings. The van der Waals surface area contributed by atoms with Crippen LogP contribution in [-0.2, 0) is 4.74 Å². The van der Waals surface area contributed by atoms with Crippen LogP contribution in [0.25, 0.3) is 0 Å². The first-order valence-corrected chi connectivity index (χ1v) is 12.4. The van der Waals surface area contributed by atoms with E-state index in [-0.39, 0.29) is 10.8 Å². The number of benzene rings is 1. The minimum absolute atomic E-state index is 0.0672. The molecule has 0 saturated heterocycles. The summed E-state index contributed by atoms with van der Waals surface area (Å²) in [7, 11) is -1.97. The highest BCUT2D eigenvalue weighted by Crippen LogP contribution is 2.37. The molecule has 0 spiro atoms. The first-order valence-electron chi connectivity index (χ1n) is 9.54. The molecule has 1 rings (SSSR count). The van der Waals surface area contributed by atoms with Crippen LogP contribution in [0.5, 0.6) is 5.75 Å². The maximum atomic E-state index is 12.9. The van der Waals surface area contributed by atoms with Crippen LogP contribution in [0.15, 0.2) is 24.3 Å². The van der Waals surface area contributed by atoms with Crippen molar-refractivity contribution >= 4 is 20.2 Å². The van der Waals surface area contributed by atoms with Crippen LogP contribution in [-0.4, -0.2) is 43.0 Å². The van der Waals surface area contributed by atoms with E-state index in [0.717, 1.165) is 0 Å². The van der Waals surface area contributed by atoms with E-state index in [1.807, 2.05) is 20.8 Å². The van der Waals surface area contributed by atoms with Gasteiger partial charge in [-0.25, -0.2) is 4.79 Å². The number of hydrogen-bond acceptors (Lipinski definition) is 4. The lowest BCUT2D eigenvalue weighted by Gasteiger charge is -2.36. The summed E-state index contributed by atoms with van der Waals surface area (Å²) in [6.45, 7) is 18.1. The Morgan fingerprint density at radius 3 is 1.93 bits per heavy atom. The Labute approximate surface area is 169 Å².